The van der Waals surface area contributed by atoms with E-state index in [1.165, 1.54) is 11.8 Å². The Morgan fingerprint density at radius 2 is 2.27 bits per heavy atom. The predicted octanol–water partition coefficient (Wildman–Crippen LogP) is 2.01. The normalized spacial score (nSPS) is 10.6. The second-order valence-corrected chi connectivity index (χ2v) is 5.65. The smallest absolute Gasteiger partial charge is 0.254 e. The van der Waals surface area contributed by atoms with E-state index in [1.807, 2.05) is 19.9 Å². The van der Waals surface area contributed by atoms with Gasteiger partial charge in [0.15, 0.2) is 0 Å². The number of aryl methyl sites for hydroxylation is 1. The molecule has 0 bridgehead atoms. The van der Waals surface area contributed by atoms with E-state index in [9.17, 15) is 4.79 Å². The second kappa shape index (κ2) is 8.55. The van der Waals surface area contributed by atoms with E-state index in [1.54, 1.807) is 18.3 Å². The molecular formula is C15H20N4O2S. The van der Waals surface area contributed by atoms with Crippen LogP contribution in [0.5, 0.6) is 0 Å². The number of pyridine rings is 1. The highest BCUT2D eigenvalue weighted by Gasteiger charge is 2.13. The largest absolute Gasteiger partial charge is 0.361 e. The molecule has 6 nitrogen and oxygen atoms in total. The molecule has 0 saturated carbocycles. The molecule has 0 spiro atoms. The summed E-state index contributed by atoms with van der Waals surface area (Å²) in [6.45, 7) is 6.12. The molecule has 0 radical (unpaired) electrons. The molecule has 0 saturated heterocycles. The van der Waals surface area contributed by atoms with Crippen LogP contribution in [-0.2, 0) is 5.75 Å². The summed E-state index contributed by atoms with van der Waals surface area (Å²) in [6.07, 6.45) is 1.69. The van der Waals surface area contributed by atoms with Gasteiger partial charge in [0, 0.05) is 31.1 Å². The third-order valence-electron chi connectivity index (χ3n) is 2.89. The summed E-state index contributed by atoms with van der Waals surface area (Å²) in [7, 11) is 0. The minimum absolute atomic E-state index is 0.107. The molecule has 2 N–H and O–H groups in total. The first-order valence-corrected chi connectivity index (χ1v) is 8.18. The number of nitrogens with one attached hydrogen (secondary N) is 2. The molecule has 2 aromatic heterocycles. The highest BCUT2D eigenvalue weighted by Crippen LogP contribution is 2.23. The van der Waals surface area contributed by atoms with Gasteiger partial charge in [-0.1, -0.05) is 23.8 Å². The van der Waals surface area contributed by atoms with E-state index in [0.717, 1.165) is 24.5 Å². The van der Waals surface area contributed by atoms with Crippen LogP contribution in [0.3, 0.4) is 0 Å². The van der Waals surface area contributed by atoms with Crippen LogP contribution >= 0.6 is 11.8 Å². The molecule has 7 heteroatoms. The Kier molecular flexibility index (Phi) is 6.42. The summed E-state index contributed by atoms with van der Waals surface area (Å²) < 4.78 is 5.04. The van der Waals surface area contributed by atoms with Crippen molar-refractivity contribution >= 4 is 17.7 Å². The number of thioether (sulfide) groups is 1. The fraction of sp³-hybridized carbons (Fsp3) is 0.400. The second-order valence-electron chi connectivity index (χ2n) is 4.68. The van der Waals surface area contributed by atoms with Crippen molar-refractivity contribution in [1.82, 2.24) is 20.8 Å². The van der Waals surface area contributed by atoms with Crippen molar-refractivity contribution in [1.29, 1.82) is 0 Å². The predicted molar refractivity (Wildman–Crippen MR) is 85.9 cm³/mol. The van der Waals surface area contributed by atoms with E-state index >= 15 is 0 Å². The van der Waals surface area contributed by atoms with Crippen molar-refractivity contribution in [2.24, 2.45) is 0 Å². The minimum atomic E-state index is -0.107. The highest BCUT2D eigenvalue weighted by atomic mass is 32.2. The first-order valence-electron chi connectivity index (χ1n) is 7.19. The van der Waals surface area contributed by atoms with Gasteiger partial charge in [0.05, 0.1) is 11.3 Å². The fourth-order valence-corrected chi connectivity index (χ4v) is 2.72. The zero-order chi connectivity index (χ0) is 15.8. The standard InChI is InChI=1S/C15H20N4O2S/c1-3-16-7-8-17-14(20)13-5-4-6-18-15(13)22-10-12-9-11(2)21-19-12/h4-6,9,16H,3,7-8,10H2,1-2H3,(H,17,20). The maximum Gasteiger partial charge on any atom is 0.254 e. The number of carbonyl (C=O) groups excluding carboxylic acids is 1. The van der Waals surface area contributed by atoms with Crippen molar-refractivity contribution in [3.05, 3.63) is 41.4 Å². The monoisotopic (exact) mass is 320 g/mol. The van der Waals surface area contributed by atoms with Crippen LogP contribution in [0, 0.1) is 6.92 Å². The number of nitrogens with zero attached hydrogens (tertiary/aromatic N) is 2. The van der Waals surface area contributed by atoms with Gasteiger partial charge in [0.1, 0.15) is 10.8 Å². The Hall–Kier alpha value is -1.86. The summed E-state index contributed by atoms with van der Waals surface area (Å²) in [5.41, 5.74) is 1.43. The number of amides is 1. The van der Waals surface area contributed by atoms with Gasteiger partial charge in [-0.05, 0) is 25.6 Å². The number of hydrogen-bond acceptors (Lipinski definition) is 6. The van der Waals surface area contributed by atoms with Crippen molar-refractivity contribution in [3.63, 3.8) is 0 Å². The molecule has 118 valence electrons. The number of carbonyl (C=O) groups is 1. The SMILES string of the molecule is CCNCCNC(=O)c1cccnc1SCc1cc(C)on1. The summed E-state index contributed by atoms with van der Waals surface area (Å²) in [5, 5.41) is 10.7. The van der Waals surface area contributed by atoms with Gasteiger partial charge in [-0.3, -0.25) is 4.79 Å². The van der Waals surface area contributed by atoms with Crippen LogP contribution in [0.15, 0.2) is 33.9 Å². The van der Waals surface area contributed by atoms with Gasteiger partial charge >= 0.3 is 0 Å². The van der Waals surface area contributed by atoms with E-state index < -0.39 is 0 Å². The van der Waals surface area contributed by atoms with Crippen molar-refractivity contribution in [2.45, 2.75) is 24.6 Å². The van der Waals surface area contributed by atoms with Crippen molar-refractivity contribution in [2.75, 3.05) is 19.6 Å². The molecule has 0 fully saturated rings. The molecular weight excluding hydrogens is 300 g/mol. The summed E-state index contributed by atoms with van der Waals surface area (Å²) in [5.74, 6) is 1.29. The number of aromatic nitrogens is 2. The topological polar surface area (TPSA) is 80.0 Å². The van der Waals surface area contributed by atoms with Crippen molar-refractivity contribution in [3.8, 4) is 0 Å². The molecule has 0 aliphatic rings. The van der Waals surface area contributed by atoms with Crippen LogP contribution < -0.4 is 10.6 Å². The lowest BCUT2D eigenvalue weighted by Gasteiger charge is -2.08. The average Bonchev–Trinajstić information content (AvgIpc) is 2.95. The molecule has 0 unspecified atom stereocenters. The third kappa shape index (κ3) is 4.85. The van der Waals surface area contributed by atoms with E-state index in [2.05, 4.69) is 20.8 Å². The maximum absolute atomic E-state index is 12.2. The minimum Gasteiger partial charge on any atom is -0.361 e. The Morgan fingerprint density at radius 1 is 1.41 bits per heavy atom. The molecule has 0 atom stereocenters. The van der Waals surface area contributed by atoms with Gasteiger partial charge in [0.25, 0.3) is 5.91 Å². The van der Waals surface area contributed by atoms with Crippen LogP contribution in [0.4, 0.5) is 0 Å². The zero-order valence-corrected chi connectivity index (χ0v) is 13.6. The van der Waals surface area contributed by atoms with Crippen LogP contribution in [0.25, 0.3) is 0 Å². The van der Waals surface area contributed by atoms with E-state index in [-0.39, 0.29) is 5.91 Å². The Morgan fingerprint density at radius 3 is 3.00 bits per heavy atom. The summed E-state index contributed by atoms with van der Waals surface area (Å²) in [4.78, 5) is 16.5. The Bertz CT molecular complexity index is 615. The number of likely N-dealkylation sites (N-methyl/N-ethyl adjacent to an activating group) is 1. The van der Waals surface area contributed by atoms with Gasteiger partial charge in [-0.2, -0.15) is 0 Å². The first-order chi connectivity index (χ1) is 10.7. The molecule has 22 heavy (non-hydrogen) atoms. The average molecular weight is 320 g/mol. The quantitative estimate of drug-likeness (QED) is 0.572. The molecule has 0 aliphatic carbocycles. The lowest BCUT2D eigenvalue weighted by atomic mass is 10.2. The first kappa shape index (κ1) is 16.5. The highest BCUT2D eigenvalue weighted by molar-refractivity contribution is 7.98. The number of hydrogen-bond donors (Lipinski definition) is 2. The van der Waals surface area contributed by atoms with Crippen molar-refractivity contribution < 1.29 is 9.32 Å². The Balaban J connectivity index is 1.95. The van der Waals surface area contributed by atoms with Crippen LogP contribution in [-0.4, -0.2) is 35.7 Å². The fourth-order valence-electron chi connectivity index (χ4n) is 1.84. The van der Waals surface area contributed by atoms with Crippen LogP contribution in [0.1, 0.15) is 28.7 Å². The number of rotatable bonds is 8. The zero-order valence-electron chi connectivity index (χ0n) is 12.8. The lowest BCUT2D eigenvalue weighted by molar-refractivity contribution is 0.0950. The summed E-state index contributed by atoms with van der Waals surface area (Å²) in [6, 6.07) is 5.43. The van der Waals surface area contributed by atoms with Gasteiger partial charge in [-0.15, -0.1) is 0 Å². The molecule has 2 heterocycles. The van der Waals surface area contributed by atoms with E-state index in [0.29, 0.717) is 22.9 Å². The molecule has 2 aromatic rings. The van der Waals surface area contributed by atoms with Gasteiger partial charge in [0.2, 0.25) is 0 Å². The third-order valence-corrected chi connectivity index (χ3v) is 3.93. The van der Waals surface area contributed by atoms with Gasteiger partial charge < -0.3 is 15.2 Å². The molecule has 1 amide bonds. The molecule has 0 aliphatic heterocycles. The molecule has 2 rings (SSSR count). The van der Waals surface area contributed by atoms with Gasteiger partial charge in [-0.25, -0.2) is 4.98 Å². The maximum atomic E-state index is 12.2. The lowest BCUT2D eigenvalue weighted by Crippen LogP contribution is -2.32. The molecule has 0 aromatic carbocycles. The summed E-state index contributed by atoms with van der Waals surface area (Å²) >= 11 is 1.48. The van der Waals surface area contributed by atoms with Crippen LogP contribution in [0.2, 0.25) is 0 Å². The van der Waals surface area contributed by atoms with E-state index in [4.69, 9.17) is 4.52 Å². The Labute approximate surface area is 134 Å².